The Bertz CT molecular complexity index is 841. The summed E-state index contributed by atoms with van der Waals surface area (Å²) in [4.78, 5) is 15.8. The summed E-state index contributed by atoms with van der Waals surface area (Å²) >= 11 is 12.2. The van der Waals surface area contributed by atoms with Gasteiger partial charge in [0.25, 0.3) is 5.91 Å². The van der Waals surface area contributed by atoms with Crippen molar-refractivity contribution < 1.29 is 4.79 Å². The van der Waals surface area contributed by atoms with Crippen molar-refractivity contribution in [3.8, 4) is 17.1 Å². The minimum Gasteiger partial charge on any atom is -0.364 e. The van der Waals surface area contributed by atoms with Gasteiger partial charge in [-0.15, -0.1) is 0 Å². The van der Waals surface area contributed by atoms with E-state index in [9.17, 15) is 4.79 Å². The molecule has 22 heavy (non-hydrogen) atoms. The summed E-state index contributed by atoms with van der Waals surface area (Å²) in [7, 11) is 0. The molecule has 4 nitrogen and oxygen atoms in total. The molecule has 0 spiro atoms. The number of amides is 1. The van der Waals surface area contributed by atoms with Gasteiger partial charge in [0, 0.05) is 22.5 Å². The maximum Gasteiger partial charge on any atom is 0.268 e. The molecule has 1 heterocycles. The van der Waals surface area contributed by atoms with Gasteiger partial charge in [0.1, 0.15) is 11.5 Å². The van der Waals surface area contributed by atoms with Crippen molar-refractivity contribution in [2.45, 2.75) is 0 Å². The molecule has 0 bridgehead atoms. The summed E-state index contributed by atoms with van der Waals surface area (Å²) in [6.45, 7) is 0. The zero-order chi connectivity index (χ0) is 15.7. The maximum atomic E-state index is 11.5. The van der Waals surface area contributed by atoms with Gasteiger partial charge in [0.2, 0.25) is 0 Å². The van der Waals surface area contributed by atoms with E-state index >= 15 is 0 Å². The zero-order valence-corrected chi connectivity index (χ0v) is 12.8. The second-order valence-electron chi connectivity index (χ2n) is 4.64. The number of nitrogens with two attached hydrogens (primary N) is 1. The molecule has 110 valence electrons. The fourth-order valence-electron chi connectivity index (χ4n) is 2.13. The summed E-state index contributed by atoms with van der Waals surface area (Å²) in [5.41, 5.74) is 7.04. The van der Waals surface area contributed by atoms with Crippen LogP contribution in [-0.4, -0.2) is 15.5 Å². The van der Waals surface area contributed by atoms with Gasteiger partial charge in [-0.25, -0.2) is 4.98 Å². The number of carbonyl (C=O) groups is 1. The van der Waals surface area contributed by atoms with Gasteiger partial charge in [0.15, 0.2) is 0 Å². The topological polar surface area (TPSA) is 60.9 Å². The molecule has 2 N–H and O–H groups in total. The second kappa shape index (κ2) is 5.83. The smallest absolute Gasteiger partial charge is 0.268 e. The Morgan fingerprint density at radius 2 is 1.73 bits per heavy atom. The molecule has 0 aliphatic carbocycles. The predicted molar refractivity (Wildman–Crippen MR) is 87.5 cm³/mol. The Morgan fingerprint density at radius 1 is 1.05 bits per heavy atom. The van der Waals surface area contributed by atoms with Crippen LogP contribution in [0.15, 0.2) is 54.7 Å². The summed E-state index contributed by atoms with van der Waals surface area (Å²) in [6.07, 6.45) is 1.59. The van der Waals surface area contributed by atoms with Crippen molar-refractivity contribution >= 4 is 29.1 Å². The molecule has 0 radical (unpaired) electrons. The minimum atomic E-state index is -0.596. The van der Waals surface area contributed by atoms with Gasteiger partial charge in [0.05, 0.1) is 5.02 Å². The Hall–Kier alpha value is -2.30. The van der Waals surface area contributed by atoms with Crippen LogP contribution in [0.2, 0.25) is 10.0 Å². The third-order valence-electron chi connectivity index (χ3n) is 3.18. The lowest BCUT2D eigenvalue weighted by atomic mass is 10.2. The lowest BCUT2D eigenvalue weighted by Crippen LogP contribution is -2.11. The molecule has 3 aromatic rings. The lowest BCUT2D eigenvalue weighted by molar-refractivity contribution is 0.0996. The maximum absolute atomic E-state index is 11.5. The van der Waals surface area contributed by atoms with Crippen LogP contribution in [0.4, 0.5) is 0 Å². The largest absolute Gasteiger partial charge is 0.364 e. The molecule has 0 fully saturated rings. The standard InChI is InChI=1S/C16H11Cl2N3O/c17-10-5-7-11(8-6-10)21-9-14(15(19)22)20-16(21)12-3-1-2-4-13(12)18/h1-9H,(H2,19,22). The fourth-order valence-corrected chi connectivity index (χ4v) is 2.48. The van der Waals surface area contributed by atoms with E-state index in [1.54, 1.807) is 29.0 Å². The number of hydrogen-bond acceptors (Lipinski definition) is 2. The van der Waals surface area contributed by atoms with Crippen LogP contribution in [-0.2, 0) is 0 Å². The van der Waals surface area contributed by atoms with Crippen molar-refractivity contribution in [1.29, 1.82) is 0 Å². The number of aromatic nitrogens is 2. The van der Waals surface area contributed by atoms with Crippen molar-refractivity contribution in [1.82, 2.24) is 9.55 Å². The number of nitrogens with zero attached hydrogens (tertiary/aromatic N) is 2. The van der Waals surface area contributed by atoms with Crippen LogP contribution in [0, 0.1) is 0 Å². The highest BCUT2D eigenvalue weighted by atomic mass is 35.5. The van der Waals surface area contributed by atoms with Crippen molar-refractivity contribution in [3.05, 3.63) is 70.5 Å². The minimum absolute atomic E-state index is 0.171. The summed E-state index contributed by atoms with van der Waals surface area (Å²) in [5, 5.41) is 1.16. The first-order valence-corrected chi connectivity index (χ1v) is 7.22. The van der Waals surface area contributed by atoms with E-state index in [-0.39, 0.29) is 5.69 Å². The first-order chi connectivity index (χ1) is 10.6. The molecule has 1 aromatic heterocycles. The van der Waals surface area contributed by atoms with Gasteiger partial charge < -0.3 is 5.73 Å². The first-order valence-electron chi connectivity index (χ1n) is 6.46. The number of primary amides is 1. The van der Waals surface area contributed by atoms with Gasteiger partial charge in [-0.3, -0.25) is 9.36 Å². The highest BCUT2D eigenvalue weighted by molar-refractivity contribution is 6.33. The molecule has 0 saturated heterocycles. The van der Waals surface area contributed by atoms with Gasteiger partial charge >= 0.3 is 0 Å². The van der Waals surface area contributed by atoms with E-state index < -0.39 is 5.91 Å². The Balaban J connectivity index is 2.23. The van der Waals surface area contributed by atoms with Crippen LogP contribution in [0.3, 0.4) is 0 Å². The first kappa shape index (κ1) is 14.6. The molecule has 0 aliphatic rings. The lowest BCUT2D eigenvalue weighted by Gasteiger charge is -2.09. The molecular weight excluding hydrogens is 321 g/mol. The van der Waals surface area contributed by atoms with E-state index in [0.29, 0.717) is 21.4 Å². The van der Waals surface area contributed by atoms with E-state index in [2.05, 4.69) is 4.98 Å². The second-order valence-corrected chi connectivity index (χ2v) is 5.48. The Kier molecular flexibility index (Phi) is 3.88. The van der Waals surface area contributed by atoms with Crippen molar-refractivity contribution in [3.63, 3.8) is 0 Å². The molecule has 2 aromatic carbocycles. The average Bonchev–Trinajstić information content (AvgIpc) is 2.94. The molecule has 3 rings (SSSR count). The normalized spacial score (nSPS) is 10.6. The third kappa shape index (κ3) is 2.71. The molecular formula is C16H11Cl2N3O. The van der Waals surface area contributed by atoms with Crippen LogP contribution in [0.1, 0.15) is 10.5 Å². The average molecular weight is 332 g/mol. The molecule has 6 heteroatoms. The third-order valence-corrected chi connectivity index (χ3v) is 3.76. The highest BCUT2D eigenvalue weighted by Gasteiger charge is 2.16. The number of carbonyl (C=O) groups excluding carboxylic acids is 1. The monoisotopic (exact) mass is 331 g/mol. The quantitative estimate of drug-likeness (QED) is 0.789. The summed E-state index contributed by atoms with van der Waals surface area (Å²) < 4.78 is 1.76. The van der Waals surface area contributed by atoms with E-state index in [0.717, 1.165) is 5.69 Å². The van der Waals surface area contributed by atoms with E-state index in [4.69, 9.17) is 28.9 Å². The van der Waals surface area contributed by atoms with Gasteiger partial charge in [-0.05, 0) is 36.4 Å². The number of halogens is 2. The SMILES string of the molecule is NC(=O)c1cn(-c2ccc(Cl)cc2)c(-c2ccccc2Cl)n1. The van der Waals surface area contributed by atoms with Crippen molar-refractivity contribution in [2.24, 2.45) is 5.73 Å². The number of benzene rings is 2. The Morgan fingerprint density at radius 3 is 2.36 bits per heavy atom. The summed E-state index contributed by atoms with van der Waals surface area (Å²) in [6, 6.07) is 14.5. The number of rotatable bonds is 3. The Labute approximate surface area is 137 Å². The van der Waals surface area contributed by atoms with Crippen LogP contribution in [0.5, 0.6) is 0 Å². The molecule has 0 saturated carbocycles. The van der Waals surface area contributed by atoms with Crippen molar-refractivity contribution in [2.75, 3.05) is 0 Å². The molecule has 0 aliphatic heterocycles. The predicted octanol–water partition coefficient (Wildman–Crippen LogP) is 3.95. The van der Waals surface area contributed by atoms with Crippen LogP contribution < -0.4 is 5.73 Å². The van der Waals surface area contributed by atoms with Gasteiger partial charge in [-0.1, -0.05) is 35.3 Å². The number of hydrogen-bond donors (Lipinski definition) is 1. The fraction of sp³-hybridized carbons (Fsp3) is 0. The molecule has 0 atom stereocenters. The van der Waals surface area contributed by atoms with Gasteiger partial charge in [-0.2, -0.15) is 0 Å². The van der Waals surface area contributed by atoms with E-state index in [1.165, 1.54) is 0 Å². The molecule has 0 unspecified atom stereocenters. The van der Waals surface area contributed by atoms with Crippen LogP contribution >= 0.6 is 23.2 Å². The highest BCUT2D eigenvalue weighted by Crippen LogP contribution is 2.29. The number of imidazole rings is 1. The summed E-state index contributed by atoms with van der Waals surface area (Å²) in [5.74, 6) is -0.0530. The van der Waals surface area contributed by atoms with Crippen LogP contribution in [0.25, 0.3) is 17.1 Å². The van der Waals surface area contributed by atoms with E-state index in [1.807, 2.05) is 30.3 Å². The molecule has 1 amide bonds. The zero-order valence-electron chi connectivity index (χ0n) is 11.3.